The van der Waals surface area contributed by atoms with E-state index >= 15 is 0 Å². The number of rotatable bonds is 6. The van der Waals surface area contributed by atoms with E-state index in [1.165, 1.54) is 0 Å². The highest BCUT2D eigenvalue weighted by Crippen LogP contribution is 2.18. The molecule has 2 amide bonds. The van der Waals surface area contributed by atoms with Gasteiger partial charge >= 0.3 is 6.03 Å². The van der Waals surface area contributed by atoms with Crippen molar-refractivity contribution in [3.8, 4) is 5.75 Å². The van der Waals surface area contributed by atoms with Crippen molar-refractivity contribution >= 4 is 11.7 Å². The Hall–Kier alpha value is -2.67. The molecule has 0 bridgehead atoms. The van der Waals surface area contributed by atoms with Gasteiger partial charge in [-0.15, -0.1) is 0 Å². The third kappa shape index (κ3) is 4.93. The monoisotopic (exact) mass is 322 g/mol. The van der Waals surface area contributed by atoms with Gasteiger partial charge < -0.3 is 20.5 Å². The first-order valence-corrected chi connectivity index (χ1v) is 6.91. The summed E-state index contributed by atoms with van der Waals surface area (Å²) in [5, 5.41) is 13.6. The summed E-state index contributed by atoms with van der Waals surface area (Å²) in [7, 11) is 0. The van der Waals surface area contributed by atoms with Crippen LogP contribution in [0.3, 0.4) is 0 Å². The van der Waals surface area contributed by atoms with E-state index in [9.17, 15) is 13.6 Å². The molecule has 2 rings (SSSR count). The molecule has 2 aromatic rings. The van der Waals surface area contributed by atoms with Crippen LogP contribution < -0.4 is 15.4 Å². The number of urea groups is 1. The van der Waals surface area contributed by atoms with E-state index in [1.54, 1.807) is 24.3 Å². The Morgan fingerprint density at radius 1 is 1.17 bits per heavy atom. The Bertz CT molecular complexity index is 680. The predicted molar refractivity (Wildman–Crippen MR) is 81.2 cm³/mol. The second-order valence-corrected chi connectivity index (χ2v) is 4.61. The third-order valence-electron chi connectivity index (χ3n) is 2.94. The minimum Gasteiger partial charge on any atom is -0.491 e. The second-order valence-electron chi connectivity index (χ2n) is 4.61. The first-order valence-electron chi connectivity index (χ1n) is 6.91. The van der Waals surface area contributed by atoms with E-state index in [0.29, 0.717) is 17.4 Å². The van der Waals surface area contributed by atoms with Crippen molar-refractivity contribution in [3.05, 3.63) is 59.7 Å². The zero-order valence-electron chi connectivity index (χ0n) is 12.2. The van der Waals surface area contributed by atoms with E-state index in [0.717, 1.165) is 12.1 Å². The number of para-hydroxylation sites is 1. The number of ether oxygens (including phenoxy) is 1. The van der Waals surface area contributed by atoms with E-state index in [1.807, 2.05) is 0 Å². The molecule has 0 atom stereocenters. The number of hydrogen-bond donors (Lipinski definition) is 3. The second kappa shape index (κ2) is 8.09. The molecule has 0 aromatic heterocycles. The van der Waals surface area contributed by atoms with Gasteiger partial charge in [0.05, 0.1) is 12.3 Å². The normalized spacial score (nSPS) is 10.2. The van der Waals surface area contributed by atoms with Crippen LogP contribution in [0.5, 0.6) is 5.75 Å². The Kier molecular flexibility index (Phi) is 5.87. The van der Waals surface area contributed by atoms with Gasteiger partial charge in [0.2, 0.25) is 0 Å². The van der Waals surface area contributed by atoms with Gasteiger partial charge in [-0.05, 0) is 18.2 Å². The van der Waals surface area contributed by atoms with Gasteiger partial charge in [0, 0.05) is 18.2 Å². The summed E-state index contributed by atoms with van der Waals surface area (Å²) in [5.41, 5.74) is 0.587. The number of amides is 2. The zero-order chi connectivity index (χ0) is 16.7. The smallest absolute Gasteiger partial charge is 0.319 e. The van der Waals surface area contributed by atoms with Gasteiger partial charge in [0.25, 0.3) is 0 Å². The van der Waals surface area contributed by atoms with Gasteiger partial charge in [-0.3, -0.25) is 0 Å². The van der Waals surface area contributed by atoms with Gasteiger partial charge in [-0.2, -0.15) is 0 Å². The molecule has 5 nitrogen and oxygen atoms in total. The first kappa shape index (κ1) is 16.7. The van der Waals surface area contributed by atoms with Gasteiger partial charge in [-0.1, -0.05) is 18.2 Å². The van der Waals surface area contributed by atoms with E-state index in [4.69, 9.17) is 9.84 Å². The lowest BCUT2D eigenvalue weighted by Crippen LogP contribution is -2.28. The fourth-order valence-corrected chi connectivity index (χ4v) is 1.88. The van der Waals surface area contributed by atoms with Crippen molar-refractivity contribution in [2.75, 3.05) is 18.5 Å². The molecule has 0 aliphatic carbocycles. The SMILES string of the molecule is O=C(NCc1ccccc1OCCO)Nc1ccc(F)cc1F. The van der Waals surface area contributed by atoms with Crippen LogP contribution >= 0.6 is 0 Å². The van der Waals surface area contributed by atoms with Crippen LogP contribution in [0.15, 0.2) is 42.5 Å². The lowest BCUT2D eigenvalue weighted by molar-refractivity contribution is 0.200. The van der Waals surface area contributed by atoms with Gasteiger partial charge in [-0.25, -0.2) is 13.6 Å². The lowest BCUT2D eigenvalue weighted by atomic mass is 10.2. The number of benzene rings is 2. The fraction of sp³-hybridized carbons (Fsp3) is 0.188. The largest absolute Gasteiger partial charge is 0.491 e. The van der Waals surface area contributed by atoms with E-state index in [2.05, 4.69) is 10.6 Å². The maximum Gasteiger partial charge on any atom is 0.319 e. The average Bonchev–Trinajstić information content (AvgIpc) is 2.54. The van der Waals surface area contributed by atoms with Crippen molar-refractivity contribution in [2.45, 2.75) is 6.54 Å². The molecule has 2 aromatic carbocycles. The number of hydrogen-bond acceptors (Lipinski definition) is 3. The van der Waals surface area contributed by atoms with Crippen LogP contribution in [0.1, 0.15) is 5.56 Å². The molecule has 0 radical (unpaired) electrons. The van der Waals surface area contributed by atoms with Crippen LogP contribution in [-0.2, 0) is 6.54 Å². The highest BCUT2D eigenvalue weighted by molar-refractivity contribution is 5.89. The molecular weight excluding hydrogens is 306 g/mol. The van der Waals surface area contributed by atoms with Gasteiger partial charge in [0.15, 0.2) is 0 Å². The van der Waals surface area contributed by atoms with Crippen molar-refractivity contribution in [2.24, 2.45) is 0 Å². The number of halogens is 2. The lowest BCUT2D eigenvalue weighted by Gasteiger charge is -2.12. The molecule has 0 spiro atoms. The van der Waals surface area contributed by atoms with Crippen LogP contribution in [0.2, 0.25) is 0 Å². The van der Waals surface area contributed by atoms with Crippen molar-refractivity contribution in [3.63, 3.8) is 0 Å². The standard InChI is InChI=1S/C16H16F2N2O3/c17-12-5-6-14(13(18)9-12)20-16(22)19-10-11-3-1-2-4-15(11)23-8-7-21/h1-6,9,21H,7-8,10H2,(H2,19,20,22). The number of aliphatic hydroxyl groups is 1. The molecule has 7 heteroatoms. The zero-order valence-corrected chi connectivity index (χ0v) is 12.2. The van der Waals surface area contributed by atoms with E-state index < -0.39 is 17.7 Å². The number of carbonyl (C=O) groups excluding carboxylic acids is 1. The maximum atomic E-state index is 13.5. The van der Waals surface area contributed by atoms with Crippen molar-refractivity contribution in [1.82, 2.24) is 5.32 Å². The number of carbonyl (C=O) groups is 1. The van der Waals surface area contributed by atoms with Crippen molar-refractivity contribution in [1.29, 1.82) is 0 Å². The number of anilines is 1. The van der Waals surface area contributed by atoms with Crippen molar-refractivity contribution < 1.29 is 23.4 Å². The summed E-state index contributed by atoms with van der Waals surface area (Å²) in [5.74, 6) is -1.04. The Balaban J connectivity index is 1.94. The molecule has 3 N–H and O–H groups in total. The van der Waals surface area contributed by atoms with E-state index in [-0.39, 0.29) is 25.4 Å². The Labute approximate surface area is 131 Å². The molecule has 0 saturated carbocycles. The highest BCUT2D eigenvalue weighted by Gasteiger charge is 2.09. The fourth-order valence-electron chi connectivity index (χ4n) is 1.88. The number of aliphatic hydroxyl groups excluding tert-OH is 1. The summed E-state index contributed by atoms with van der Waals surface area (Å²) in [4.78, 5) is 11.8. The van der Waals surface area contributed by atoms with Gasteiger partial charge in [0.1, 0.15) is 24.0 Å². The molecule has 0 aliphatic heterocycles. The summed E-state index contributed by atoms with van der Waals surface area (Å²) >= 11 is 0. The molecule has 0 fully saturated rings. The maximum absolute atomic E-state index is 13.5. The average molecular weight is 322 g/mol. The highest BCUT2D eigenvalue weighted by atomic mass is 19.1. The molecule has 0 unspecified atom stereocenters. The minimum atomic E-state index is -0.855. The molecule has 122 valence electrons. The summed E-state index contributed by atoms with van der Waals surface area (Å²) in [6.45, 7) is 0.173. The quantitative estimate of drug-likeness (QED) is 0.766. The Morgan fingerprint density at radius 3 is 2.70 bits per heavy atom. The van der Waals surface area contributed by atoms with Crippen LogP contribution in [-0.4, -0.2) is 24.4 Å². The third-order valence-corrected chi connectivity index (χ3v) is 2.94. The Morgan fingerprint density at radius 2 is 1.96 bits per heavy atom. The molecule has 0 saturated heterocycles. The first-order chi connectivity index (χ1) is 11.1. The molecular formula is C16H16F2N2O3. The van der Waals surface area contributed by atoms with Crippen LogP contribution in [0.25, 0.3) is 0 Å². The summed E-state index contributed by atoms with van der Waals surface area (Å²) < 4.78 is 31.6. The molecule has 0 heterocycles. The van der Waals surface area contributed by atoms with Crippen LogP contribution in [0, 0.1) is 11.6 Å². The molecule has 23 heavy (non-hydrogen) atoms. The minimum absolute atomic E-state index is 0.117. The number of nitrogens with one attached hydrogen (secondary N) is 2. The predicted octanol–water partition coefficient (Wildman–Crippen LogP) is 2.66. The summed E-state index contributed by atoms with van der Waals surface area (Å²) in [6, 6.07) is 9.26. The summed E-state index contributed by atoms with van der Waals surface area (Å²) in [6.07, 6.45) is 0. The van der Waals surface area contributed by atoms with Crippen LogP contribution in [0.4, 0.5) is 19.3 Å². The topological polar surface area (TPSA) is 70.6 Å². The molecule has 0 aliphatic rings.